The Morgan fingerprint density at radius 2 is 1.00 bits per heavy atom. The molecule has 0 aromatic heterocycles. The Balaban J connectivity index is 1.55. The summed E-state index contributed by atoms with van der Waals surface area (Å²) >= 11 is 0. The van der Waals surface area contributed by atoms with E-state index in [1.165, 1.54) is 0 Å². The molecule has 0 N–H and O–H groups in total. The number of para-hydroxylation sites is 3. The Bertz CT molecular complexity index is 1060. The van der Waals surface area contributed by atoms with Gasteiger partial charge in [0.15, 0.2) is 5.78 Å². The summed E-state index contributed by atoms with van der Waals surface area (Å²) in [4.78, 5) is 13.0. The number of hydrogen-bond acceptors (Lipinski definition) is 3. The molecule has 0 heterocycles. The van der Waals surface area contributed by atoms with Gasteiger partial charge in [0, 0.05) is 5.56 Å². The van der Waals surface area contributed by atoms with Crippen molar-refractivity contribution < 1.29 is 14.3 Å². The van der Waals surface area contributed by atoms with E-state index >= 15 is 0 Å². The van der Waals surface area contributed by atoms with Crippen LogP contribution < -0.4 is 9.47 Å². The minimum absolute atomic E-state index is 0.0993. The van der Waals surface area contributed by atoms with Gasteiger partial charge in [-0.25, -0.2) is 0 Å². The van der Waals surface area contributed by atoms with E-state index in [9.17, 15) is 4.79 Å². The van der Waals surface area contributed by atoms with Crippen molar-refractivity contribution in [1.82, 2.24) is 0 Å². The minimum Gasteiger partial charge on any atom is -0.457 e. The third-order valence-electron chi connectivity index (χ3n) is 4.20. The van der Waals surface area contributed by atoms with Gasteiger partial charge in [-0.3, -0.25) is 4.79 Å². The number of ketones is 1. The molecule has 0 aliphatic carbocycles. The molecule has 3 nitrogen and oxygen atoms in total. The molecule has 4 aromatic rings. The molecule has 0 radical (unpaired) electrons. The standard InChI is InChI=1S/C25H18O3/c26-25(19-15-17-22(18-16-19)27-20-9-3-1-4-10-20)23-13-7-8-14-24(23)28-21-11-5-2-6-12-21/h1-18H. The zero-order chi connectivity index (χ0) is 19.2. The van der Waals surface area contributed by atoms with Crippen LogP contribution in [0.25, 0.3) is 0 Å². The maximum atomic E-state index is 13.0. The molecule has 0 atom stereocenters. The van der Waals surface area contributed by atoms with E-state index in [2.05, 4.69) is 0 Å². The smallest absolute Gasteiger partial charge is 0.196 e. The highest BCUT2D eigenvalue weighted by Gasteiger charge is 2.15. The summed E-state index contributed by atoms with van der Waals surface area (Å²) in [5, 5.41) is 0. The van der Waals surface area contributed by atoms with Crippen molar-refractivity contribution in [2.24, 2.45) is 0 Å². The van der Waals surface area contributed by atoms with Crippen LogP contribution in [-0.2, 0) is 0 Å². The van der Waals surface area contributed by atoms with Crippen LogP contribution in [0.1, 0.15) is 15.9 Å². The molecule has 28 heavy (non-hydrogen) atoms. The van der Waals surface area contributed by atoms with Gasteiger partial charge in [0.25, 0.3) is 0 Å². The maximum absolute atomic E-state index is 13.0. The van der Waals surface area contributed by atoms with Gasteiger partial charge < -0.3 is 9.47 Å². The lowest BCUT2D eigenvalue weighted by atomic mass is 10.0. The molecular weight excluding hydrogens is 348 g/mol. The van der Waals surface area contributed by atoms with Crippen molar-refractivity contribution in [3.8, 4) is 23.0 Å². The maximum Gasteiger partial charge on any atom is 0.196 e. The Morgan fingerprint density at radius 1 is 0.500 bits per heavy atom. The summed E-state index contributed by atoms with van der Waals surface area (Å²) in [5.74, 6) is 2.55. The van der Waals surface area contributed by atoms with Crippen molar-refractivity contribution in [1.29, 1.82) is 0 Å². The highest BCUT2D eigenvalue weighted by atomic mass is 16.5. The van der Waals surface area contributed by atoms with E-state index in [1.54, 1.807) is 36.4 Å². The van der Waals surface area contributed by atoms with Gasteiger partial charge in [-0.1, -0.05) is 48.5 Å². The summed E-state index contributed by atoms with van der Waals surface area (Å²) in [6, 6.07) is 33.3. The topological polar surface area (TPSA) is 35.5 Å². The van der Waals surface area contributed by atoms with Gasteiger partial charge >= 0.3 is 0 Å². The Labute approximate surface area is 163 Å². The van der Waals surface area contributed by atoms with Gasteiger partial charge in [0.1, 0.15) is 23.0 Å². The van der Waals surface area contributed by atoms with Crippen LogP contribution in [0.2, 0.25) is 0 Å². The second-order valence-corrected chi connectivity index (χ2v) is 6.18. The van der Waals surface area contributed by atoms with Crippen LogP contribution >= 0.6 is 0 Å². The van der Waals surface area contributed by atoms with Crippen molar-refractivity contribution in [3.63, 3.8) is 0 Å². The molecule has 0 aliphatic rings. The molecule has 0 saturated carbocycles. The number of carbonyl (C=O) groups is 1. The fourth-order valence-electron chi connectivity index (χ4n) is 2.81. The first-order valence-corrected chi connectivity index (χ1v) is 8.99. The highest BCUT2D eigenvalue weighted by molar-refractivity contribution is 6.10. The molecule has 136 valence electrons. The summed E-state index contributed by atoms with van der Waals surface area (Å²) in [5.41, 5.74) is 1.09. The van der Waals surface area contributed by atoms with Gasteiger partial charge in [-0.2, -0.15) is 0 Å². The predicted octanol–water partition coefficient (Wildman–Crippen LogP) is 6.50. The third kappa shape index (κ3) is 4.10. The van der Waals surface area contributed by atoms with Gasteiger partial charge in [-0.15, -0.1) is 0 Å². The van der Waals surface area contributed by atoms with Crippen LogP contribution in [0, 0.1) is 0 Å². The van der Waals surface area contributed by atoms with Crippen molar-refractivity contribution >= 4 is 5.78 Å². The molecule has 4 rings (SSSR count). The first-order valence-electron chi connectivity index (χ1n) is 8.99. The highest BCUT2D eigenvalue weighted by Crippen LogP contribution is 2.28. The monoisotopic (exact) mass is 366 g/mol. The number of benzene rings is 4. The molecular formula is C25H18O3. The second-order valence-electron chi connectivity index (χ2n) is 6.18. The summed E-state index contributed by atoms with van der Waals surface area (Å²) in [6.07, 6.45) is 0. The number of rotatable bonds is 6. The zero-order valence-corrected chi connectivity index (χ0v) is 15.1. The van der Waals surface area contributed by atoms with Crippen molar-refractivity contribution in [2.45, 2.75) is 0 Å². The average molecular weight is 366 g/mol. The average Bonchev–Trinajstić information content (AvgIpc) is 2.76. The number of ether oxygens (including phenoxy) is 2. The molecule has 0 saturated heterocycles. The van der Waals surface area contributed by atoms with Crippen molar-refractivity contribution in [3.05, 3.63) is 120 Å². The van der Waals surface area contributed by atoms with E-state index in [4.69, 9.17) is 9.47 Å². The fraction of sp³-hybridized carbons (Fsp3) is 0. The number of hydrogen-bond donors (Lipinski definition) is 0. The molecule has 3 heteroatoms. The fourth-order valence-corrected chi connectivity index (χ4v) is 2.81. The Hall–Kier alpha value is -3.85. The van der Waals surface area contributed by atoms with Crippen LogP contribution in [0.5, 0.6) is 23.0 Å². The lowest BCUT2D eigenvalue weighted by Crippen LogP contribution is -2.03. The van der Waals surface area contributed by atoms with Gasteiger partial charge in [0.2, 0.25) is 0 Å². The van der Waals surface area contributed by atoms with E-state index in [-0.39, 0.29) is 5.78 Å². The Morgan fingerprint density at radius 3 is 1.64 bits per heavy atom. The van der Waals surface area contributed by atoms with E-state index in [0.29, 0.717) is 28.4 Å². The predicted molar refractivity (Wildman–Crippen MR) is 109 cm³/mol. The lowest BCUT2D eigenvalue weighted by Gasteiger charge is -2.11. The van der Waals surface area contributed by atoms with Gasteiger partial charge in [0.05, 0.1) is 5.56 Å². The number of carbonyl (C=O) groups excluding carboxylic acids is 1. The molecule has 0 fully saturated rings. The quantitative estimate of drug-likeness (QED) is 0.365. The van der Waals surface area contributed by atoms with Crippen molar-refractivity contribution in [2.75, 3.05) is 0 Å². The zero-order valence-electron chi connectivity index (χ0n) is 15.1. The molecule has 4 aromatic carbocycles. The Kier molecular flexibility index (Phi) is 5.16. The molecule has 0 unspecified atom stereocenters. The van der Waals surface area contributed by atoms with E-state index in [1.807, 2.05) is 72.8 Å². The van der Waals surface area contributed by atoms with Crippen LogP contribution in [-0.4, -0.2) is 5.78 Å². The van der Waals surface area contributed by atoms with Crippen LogP contribution in [0.3, 0.4) is 0 Å². The first-order chi connectivity index (χ1) is 13.8. The van der Waals surface area contributed by atoms with Gasteiger partial charge in [-0.05, 0) is 60.7 Å². The largest absolute Gasteiger partial charge is 0.457 e. The van der Waals surface area contributed by atoms with E-state index in [0.717, 1.165) is 5.75 Å². The summed E-state index contributed by atoms with van der Waals surface area (Å²) in [7, 11) is 0. The summed E-state index contributed by atoms with van der Waals surface area (Å²) in [6.45, 7) is 0. The SMILES string of the molecule is O=C(c1ccc(Oc2ccccc2)cc1)c1ccccc1Oc1ccccc1. The molecule has 0 bridgehead atoms. The third-order valence-corrected chi connectivity index (χ3v) is 4.20. The summed E-state index contributed by atoms with van der Waals surface area (Å²) < 4.78 is 11.7. The molecule has 0 amide bonds. The molecule has 0 aliphatic heterocycles. The van der Waals surface area contributed by atoms with Crippen LogP contribution in [0.15, 0.2) is 109 Å². The lowest BCUT2D eigenvalue weighted by molar-refractivity contribution is 0.103. The first kappa shape index (κ1) is 17.6. The second kappa shape index (κ2) is 8.23. The van der Waals surface area contributed by atoms with E-state index < -0.39 is 0 Å². The minimum atomic E-state index is -0.0993. The molecule has 0 spiro atoms. The normalized spacial score (nSPS) is 10.3. The van der Waals surface area contributed by atoms with Crippen LogP contribution in [0.4, 0.5) is 0 Å².